The van der Waals surface area contributed by atoms with E-state index >= 15 is 0 Å². The highest BCUT2D eigenvalue weighted by Crippen LogP contribution is 2.21. The Balaban J connectivity index is 1.88. The van der Waals surface area contributed by atoms with E-state index < -0.39 is 5.60 Å². The molecule has 2 rings (SSSR count). The standard InChI is InChI=1S/C16H25N3O4/c1-10-8-12(17-14(20)13-9-11(2)23-18-13)6-7-19(10)15(21)22-16(3,4)5/h9-10,12H,6-8H2,1-5H3,(H,17,20)/t10-,12+/m0/s1. The molecular formula is C16H25N3O4. The largest absolute Gasteiger partial charge is 0.444 e. The van der Waals surface area contributed by atoms with Crippen molar-refractivity contribution in [3.63, 3.8) is 0 Å². The molecule has 0 unspecified atom stereocenters. The normalized spacial score (nSPS) is 21.9. The number of nitrogens with zero attached hydrogens (tertiary/aromatic N) is 2. The first-order valence-electron chi connectivity index (χ1n) is 7.89. The summed E-state index contributed by atoms with van der Waals surface area (Å²) in [6.45, 7) is 9.81. The van der Waals surface area contributed by atoms with Crippen molar-refractivity contribution in [1.82, 2.24) is 15.4 Å². The highest BCUT2D eigenvalue weighted by molar-refractivity contribution is 5.92. The van der Waals surface area contributed by atoms with Crippen LogP contribution in [0.25, 0.3) is 0 Å². The average molecular weight is 323 g/mol. The van der Waals surface area contributed by atoms with Gasteiger partial charge in [0.15, 0.2) is 5.69 Å². The maximum atomic E-state index is 12.2. The molecule has 2 heterocycles. The maximum Gasteiger partial charge on any atom is 0.410 e. The minimum atomic E-state index is -0.507. The second kappa shape index (κ2) is 6.60. The molecule has 2 atom stereocenters. The topological polar surface area (TPSA) is 84.7 Å². The monoisotopic (exact) mass is 323 g/mol. The molecule has 0 bridgehead atoms. The van der Waals surface area contributed by atoms with Gasteiger partial charge in [-0.15, -0.1) is 0 Å². The van der Waals surface area contributed by atoms with E-state index in [1.807, 2.05) is 27.7 Å². The quantitative estimate of drug-likeness (QED) is 0.904. The molecule has 1 aliphatic rings. The van der Waals surface area contributed by atoms with Crippen molar-refractivity contribution in [1.29, 1.82) is 0 Å². The summed E-state index contributed by atoms with van der Waals surface area (Å²) in [7, 11) is 0. The fourth-order valence-electron chi connectivity index (χ4n) is 2.63. The van der Waals surface area contributed by atoms with Gasteiger partial charge in [0, 0.05) is 24.7 Å². The molecule has 1 saturated heterocycles. The number of hydrogen-bond acceptors (Lipinski definition) is 5. The Hall–Kier alpha value is -2.05. The Morgan fingerprint density at radius 3 is 2.65 bits per heavy atom. The van der Waals surface area contributed by atoms with Gasteiger partial charge in [0.05, 0.1) is 0 Å². The number of rotatable bonds is 2. The molecule has 1 N–H and O–H groups in total. The number of aryl methyl sites for hydroxylation is 1. The van der Waals surface area contributed by atoms with Gasteiger partial charge in [-0.1, -0.05) is 5.16 Å². The summed E-state index contributed by atoms with van der Waals surface area (Å²) in [6.07, 6.45) is 1.07. The van der Waals surface area contributed by atoms with Crippen molar-refractivity contribution in [3.8, 4) is 0 Å². The summed E-state index contributed by atoms with van der Waals surface area (Å²) in [5, 5.41) is 6.66. The molecule has 0 radical (unpaired) electrons. The van der Waals surface area contributed by atoms with E-state index in [2.05, 4.69) is 10.5 Å². The van der Waals surface area contributed by atoms with Crippen LogP contribution in [0, 0.1) is 6.92 Å². The fraction of sp³-hybridized carbons (Fsp3) is 0.688. The Labute approximate surface area is 136 Å². The van der Waals surface area contributed by atoms with E-state index in [4.69, 9.17) is 9.26 Å². The molecule has 1 fully saturated rings. The lowest BCUT2D eigenvalue weighted by Crippen LogP contribution is -2.52. The van der Waals surface area contributed by atoms with Gasteiger partial charge < -0.3 is 19.5 Å². The number of amides is 2. The van der Waals surface area contributed by atoms with Crippen LogP contribution in [0.4, 0.5) is 4.79 Å². The highest BCUT2D eigenvalue weighted by atomic mass is 16.6. The Kier molecular flexibility index (Phi) is 4.97. The number of carbonyl (C=O) groups is 2. The molecule has 7 nitrogen and oxygen atoms in total. The first-order valence-corrected chi connectivity index (χ1v) is 7.89. The Morgan fingerprint density at radius 1 is 1.43 bits per heavy atom. The summed E-state index contributed by atoms with van der Waals surface area (Å²) in [5.41, 5.74) is -0.225. The van der Waals surface area contributed by atoms with E-state index in [-0.39, 0.29) is 29.8 Å². The molecular weight excluding hydrogens is 298 g/mol. The highest BCUT2D eigenvalue weighted by Gasteiger charge is 2.32. The molecule has 0 aliphatic carbocycles. The molecule has 7 heteroatoms. The summed E-state index contributed by atoms with van der Waals surface area (Å²) >= 11 is 0. The smallest absolute Gasteiger partial charge is 0.410 e. The second-order valence-corrected chi connectivity index (χ2v) is 7.04. The van der Waals surface area contributed by atoms with Crippen molar-refractivity contribution < 1.29 is 18.8 Å². The molecule has 23 heavy (non-hydrogen) atoms. The zero-order chi connectivity index (χ0) is 17.2. The van der Waals surface area contributed by atoms with Crippen molar-refractivity contribution in [2.75, 3.05) is 6.54 Å². The summed E-state index contributed by atoms with van der Waals surface area (Å²) in [4.78, 5) is 26.0. The third kappa shape index (κ3) is 4.71. The molecule has 128 valence electrons. The van der Waals surface area contributed by atoms with Gasteiger partial charge >= 0.3 is 6.09 Å². The van der Waals surface area contributed by atoms with Crippen LogP contribution in [-0.4, -0.2) is 46.3 Å². The lowest BCUT2D eigenvalue weighted by molar-refractivity contribution is 0.00959. The average Bonchev–Trinajstić information content (AvgIpc) is 2.83. The maximum absolute atomic E-state index is 12.2. The minimum absolute atomic E-state index is 0.00273. The van der Waals surface area contributed by atoms with Crippen LogP contribution in [-0.2, 0) is 4.74 Å². The van der Waals surface area contributed by atoms with Gasteiger partial charge in [-0.05, 0) is 47.5 Å². The van der Waals surface area contributed by atoms with E-state index in [1.165, 1.54) is 0 Å². The van der Waals surface area contributed by atoms with Gasteiger partial charge in [-0.2, -0.15) is 0 Å². The van der Waals surface area contributed by atoms with E-state index in [9.17, 15) is 9.59 Å². The lowest BCUT2D eigenvalue weighted by atomic mass is 9.98. The van der Waals surface area contributed by atoms with E-state index in [1.54, 1.807) is 17.9 Å². The number of ether oxygens (including phenoxy) is 1. The van der Waals surface area contributed by atoms with Crippen molar-refractivity contribution in [2.24, 2.45) is 0 Å². The second-order valence-electron chi connectivity index (χ2n) is 7.04. The minimum Gasteiger partial charge on any atom is -0.444 e. The Morgan fingerprint density at radius 2 is 2.13 bits per heavy atom. The summed E-state index contributed by atoms with van der Waals surface area (Å²) in [6, 6.07) is 1.62. The predicted molar refractivity (Wildman–Crippen MR) is 84.1 cm³/mol. The first-order chi connectivity index (χ1) is 10.7. The molecule has 0 aromatic carbocycles. The molecule has 1 aromatic heterocycles. The molecule has 1 aromatic rings. The van der Waals surface area contributed by atoms with Crippen LogP contribution in [0.5, 0.6) is 0 Å². The van der Waals surface area contributed by atoms with Crippen molar-refractivity contribution >= 4 is 12.0 Å². The van der Waals surface area contributed by atoms with Crippen molar-refractivity contribution in [3.05, 3.63) is 17.5 Å². The SMILES string of the molecule is Cc1cc(C(=O)N[C@@H]2CCN(C(=O)OC(C)(C)C)[C@@H](C)C2)no1. The van der Waals surface area contributed by atoms with Crippen LogP contribution >= 0.6 is 0 Å². The third-order valence-electron chi connectivity index (χ3n) is 3.70. The fourth-order valence-corrected chi connectivity index (χ4v) is 2.63. The van der Waals surface area contributed by atoms with Crippen LogP contribution < -0.4 is 5.32 Å². The van der Waals surface area contributed by atoms with Gasteiger partial charge in [0.1, 0.15) is 11.4 Å². The molecule has 0 spiro atoms. The van der Waals surface area contributed by atoms with Crippen molar-refractivity contribution in [2.45, 2.75) is 65.1 Å². The number of likely N-dealkylation sites (tertiary alicyclic amines) is 1. The van der Waals surface area contributed by atoms with Gasteiger partial charge in [-0.25, -0.2) is 4.79 Å². The van der Waals surface area contributed by atoms with Crippen LogP contribution in [0.1, 0.15) is 56.8 Å². The van der Waals surface area contributed by atoms with Crippen LogP contribution in [0.15, 0.2) is 10.6 Å². The number of carbonyl (C=O) groups excluding carboxylic acids is 2. The first kappa shape index (κ1) is 17.3. The zero-order valence-electron chi connectivity index (χ0n) is 14.4. The Bertz CT molecular complexity index is 576. The zero-order valence-corrected chi connectivity index (χ0v) is 14.4. The number of aromatic nitrogens is 1. The molecule has 2 amide bonds. The van der Waals surface area contributed by atoms with E-state index in [0.29, 0.717) is 25.1 Å². The molecule has 0 saturated carbocycles. The number of nitrogens with one attached hydrogen (secondary N) is 1. The number of hydrogen-bond donors (Lipinski definition) is 1. The van der Waals surface area contributed by atoms with Gasteiger partial charge in [0.25, 0.3) is 5.91 Å². The van der Waals surface area contributed by atoms with Crippen LogP contribution in [0.2, 0.25) is 0 Å². The van der Waals surface area contributed by atoms with Gasteiger partial charge in [-0.3, -0.25) is 4.79 Å². The third-order valence-corrected chi connectivity index (χ3v) is 3.70. The molecule has 1 aliphatic heterocycles. The van der Waals surface area contributed by atoms with E-state index in [0.717, 1.165) is 0 Å². The van der Waals surface area contributed by atoms with Crippen LogP contribution in [0.3, 0.4) is 0 Å². The number of piperidine rings is 1. The van der Waals surface area contributed by atoms with Gasteiger partial charge in [0.2, 0.25) is 0 Å². The predicted octanol–water partition coefficient (Wildman–Crippen LogP) is 2.50. The summed E-state index contributed by atoms with van der Waals surface area (Å²) in [5.74, 6) is 0.355. The summed E-state index contributed by atoms with van der Waals surface area (Å²) < 4.78 is 10.3. The lowest BCUT2D eigenvalue weighted by Gasteiger charge is -2.38.